The second-order valence-corrected chi connectivity index (χ2v) is 6.18. The van der Waals surface area contributed by atoms with E-state index in [4.69, 9.17) is 13.9 Å². The van der Waals surface area contributed by atoms with E-state index in [0.29, 0.717) is 37.6 Å². The molecule has 2 heterocycles. The molecular formula is C19H24N2O5. The van der Waals surface area contributed by atoms with Crippen molar-refractivity contribution < 1.29 is 18.7 Å². The van der Waals surface area contributed by atoms with Crippen LogP contribution in [0, 0.1) is 0 Å². The fourth-order valence-electron chi connectivity index (χ4n) is 2.98. The molecule has 0 spiro atoms. The number of amides is 1. The third-order valence-corrected chi connectivity index (χ3v) is 4.38. The second kappa shape index (κ2) is 8.71. The molecule has 26 heavy (non-hydrogen) atoms. The highest BCUT2D eigenvalue weighted by molar-refractivity contribution is 5.77. The first-order chi connectivity index (χ1) is 12.7. The maximum absolute atomic E-state index is 11.7. The minimum Gasteiger partial charge on any atom is -0.493 e. The average molecular weight is 360 g/mol. The minimum absolute atomic E-state index is 0.224. The monoisotopic (exact) mass is 360 g/mol. The lowest BCUT2D eigenvalue weighted by Crippen LogP contribution is -2.49. The number of benzene rings is 1. The number of carbonyl (C=O) groups is 1. The van der Waals surface area contributed by atoms with E-state index in [9.17, 15) is 9.59 Å². The molecule has 0 bridgehead atoms. The Morgan fingerprint density at radius 2 is 1.92 bits per heavy atom. The Labute approximate surface area is 152 Å². The molecule has 0 aliphatic carbocycles. The number of hydrogen-bond donors (Lipinski definition) is 0. The summed E-state index contributed by atoms with van der Waals surface area (Å²) in [6.07, 6.45) is 0.661. The molecule has 1 saturated heterocycles. The summed E-state index contributed by atoms with van der Waals surface area (Å²) in [4.78, 5) is 27.0. The summed E-state index contributed by atoms with van der Waals surface area (Å²) in [6, 6.07) is 8.64. The van der Waals surface area contributed by atoms with Gasteiger partial charge in [0.15, 0.2) is 0 Å². The predicted octanol–water partition coefficient (Wildman–Crippen LogP) is 2.34. The highest BCUT2D eigenvalue weighted by Crippen LogP contribution is 2.19. The smallest absolute Gasteiger partial charge is 0.409 e. The Bertz CT molecular complexity index is 796. The first-order valence-corrected chi connectivity index (χ1v) is 8.96. The molecule has 0 radical (unpaired) electrons. The van der Waals surface area contributed by atoms with Gasteiger partial charge in [-0.1, -0.05) is 0 Å². The van der Waals surface area contributed by atoms with Crippen LogP contribution in [0.3, 0.4) is 0 Å². The molecule has 7 nitrogen and oxygen atoms in total. The molecule has 0 N–H and O–H groups in total. The zero-order chi connectivity index (χ0) is 18.4. The van der Waals surface area contributed by atoms with Gasteiger partial charge in [0.2, 0.25) is 0 Å². The van der Waals surface area contributed by atoms with Crippen molar-refractivity contribution >= 4 is 17.1 Å². The topological polar surface area (TPSA) is 72.2 Å². The van der Waals surface area contributed by atoms with E-state index in [-0.39, 0.29) is 11.7 Å². The van der Waals surface area contributed by atoms with E-state index >= 15 is 0 Å². The average Bonchev–Trinajstić information content (AvgIpc) is 2.65. The number of fused-ring (bicyclic) bond motifs is 1. The molecule has 7 heteroatoms. The van der Waals surface area contributed by atoms with E-state index < -0.39 is 0 Å². The Hall–Kier alpha value is -2.54. The molecule has 1 aromatic carbocycles. The fraction of sp³-hybridized carbons (Fsp3) is 0.474. The van der Waals surface area contributed by atoms with Gasteiger partial charge in [0, 0.05) is 50.2 Å². The third kappa shape index (κ3) is 4.76. The van der Waals surface area contributed by atoms with Gasteiger partial charge >= 0.3 is 11.7 Å². The third-order valence-electron chi connectivity index (χ3n) is 4.38. The van der Waals surface area contributed by atoms with Crippen LogP contribution >= 0.6 is 0 Å². The summed E-state index contributed by atoms with van der Waals surface area (Å²) < 4.78 is 16.0. The molecule has 0 atom stereocenters. The van der Waals surface area contributed by atoms with Crippen LogP contribution in [0.5, 0.6) is 5.75 Å². The van der Waals surface area contributed by atoms with E-state index in [1.54, 1.807) is 17.0 Å². The van der Waals surface area contributed by atoms with Gasteiger partial charge in [-0.15, -0.1) is 0 Å². The Balaban J connectivity index is 1.39. The van der Waals surface area contributed by atoms with Crippen LogP contribution in [-0.4, -0.2) is 61.8 Å². The summed E-state index contributed by atoms with van der Waals surface area (Å²) in [6.45, 7) is 6.82. The molecule has 1 fully saturated rings. The summed E-state index contributed by atoms with van der Waals surface area (Å²) in [5, 5.41) is 0.872. The van der Waals surface area contributed by atoms with Gasteiger partial charge in [-0.3, -0.25) is 4.90 Å². The van der Waals surface area contributed by atoms with Gasteiger partial charge < -0.3 is 18.8 Å². The number of carbonyl (C=O) groups excluding carboxylic acids is 1. The summed E-state index contributed by atoms with van der Waals surface area (Å²) in [5.41, 5.74) is 0.168. The summed E-state index contributed by atoms with van der Waals surface area (Å²) in [5.74, 6) is 0.694. The fourth-order valence-corrected chi connectivity index (χ4v) is 2.98. The standard InChI is InChI=1S/C19H24N2O5/c1-2-24-19(23)21-11-9-20(10-12-21)8-3-13-25-16-6-4-15-5-7-18(22)26-17(15)14-16/h4-7,14H,2-3,8-13H2,1H3. The minimum atomic E-state index is -0.364. The largest absolute Gasteiger partial charge is 0.493 e. The molecule has 140 valence electrons. The first-order valence-electron chi connectivity index (χ1n) is 8.96. The number of hydrogen-bond acceptors (Lipinski definition) is 6. The quantitative estimate of drug-likeness (QED) is 0.582. The van der Waals surface area contributed by atoms with Crippen molar-refractivity contribution in [3.8, 4) is 5.75 Å². The molecule has 1 aliphatic rings. The number of ether oxygens (including phenoxy) is 2. The van der Waals surface area contributed by atoms with E-state index in [2.05, 4.69) is 4.90 Å². The Kier molecular flexibility index (Phi) is 6.12. The van der Waals surface area contributed by atoms with Gasteiger partial charge in [-0.25, -0.2) is 9.59 Å². The van der Waals surface area contributed by atoms with Crippen LogP contribution in [0.25, 0.3) is 11.0 Å². The molecule has 2 aromatic rings. The van der Waals surface area contributed by atoms with Gasteiger partial charge in [-0.2, -0.15) is 0 Å². The first kappa shape index (κ1) is 18.3. The van der Waals surface area contributed by atoms with Crippen LogP contribution in [-0.2, 0) is 4.74 Å². The maximum Gasteiger partial charge on any atom is 0.409 e. The number of piperazine rings is 1. The van der Waals surface area contributed by atoms with E-state index in [1.165, 1.54) is 6.07 Å². The molecule has 1 aliphatic heterocycles. The zero-order valence-electron chi connectivity index (χ0n) is 15.0. The van der Waals surface area contributed by atoms with Gasteiger partial charge in [0.1, 0.15) is 11.3 Å². The van der Waals surface area contributed by atoms with Crippen molar-refractivity contribution in [1.82, 2.24) is 9.80 Å². The lowest BCUT2D eigenvalue weighted by Gasteiger charge is -2.33. The molecule has 0 saturated carbocycles. The van der Waals surface area contributed by atoms with Crippen LogP contribution in [0.4, 0.5) is 4.79 Å². The van der Waals surface area contributed by atoms with Crippen LogP contribution in [0.1, 0.15) is 13.3 Å². The molecule has 1 aromatic heterocycles. The molecular weight excluding hydrogens is 336 g/mol. The normalized spacial score (nSPS) is 15.2. The van der Waals surface area contributed by atoms with E-state index in [0.717, 1.165) is 31.4 Å². The Morgan fingerprint density at radius 1 is 1.15 bits per heavy atom. The van der Waals surface area contributed by atoms with E-state index in [1.807, 2.05) is 19.1 Å². The number of rotatable bonds is 6. The summed E-state index contributed by atoms with van der Waals surface area (Å²) >= 11 is 0. The lowest BCUT2D eigenvalue weighted by atomic mass is 10.2. The Morgan fingerprint density at radius 3 is 2.69 bits per heavy atom. The van der Waals surface area contributed by atoms with Crippen LogP contribution in [0.2, 0.25) is 0 Å². The van der Waals surface area contributed by atoms with Crippen molar-refractivity contribution in [1.29, 1.82) is 0 Å². The second-order valence-electron chi connectivity index (χ2n) is 6.18. The van der Waals surface area contributed by atoms with Crippen molar-refractivity contribution in [2.45, 2.75) is 13.3 Å². The SMILES string of the molecule is CCOC(=O)N1CCN(CCCOc2ccc3ccc(=O)oc3c2)CC1. The van der Waals surface area contributed by atoms with Crippen molar-refractivity contribution in [3.63, 3.8) is 0 Å². The highest BCUT2D eigenvalue weighted by atomic mass is 16.6. The van der Waals surface area contributed by atoms with Crippen LogP contribution < -0.4 is 10.4 Å². The highest BCUT2D eigenvalue weighted by Gasteiger charge is 2.21. The van der Waals surface area contributed by atoms with Crippen molar-refractivity contribution in [2.24, 2.45) is 0 Å². The lowest BCUT2D eigenvalue weighted by molar-refractivity contribution is 0.0782. The van der Waals surface area contributed by atoms with Crippen molar-refractivity contribution in [3.05, 3.63) is 40.8 Å². The van der Waals surface area contributed by atoms with Gasteiger partial charge in [0.05, 0.1) is 13.2 Å². The van der Waals surface area contributed by atoms with Crippen LogP contribution in [0.15, 0.2) is 39.5 Å². The summed E-state index contributed by atoms with van der Waals surface area (Å²) in [7, 11) is 0. The predicted molar refractivity (Wildman–Crippen MR) is 97.6 cm³/mol. The number of nitrogens with zero attached hydrogens (tertiary/aromatic N) is 2. The van der Waals surface area contributed by atoms with Gasteiger partial charge in [0.25, 0.3) is 0 Å². The maximum atomic E-state index is 11.7. The molecule has 1 amide bonds. The van der Waals surface area contributed by atoms with Crippen molar-refractivity contribution in [2.75, 3.05) is 45.9 Å². The molecule has 3 rings (SSSR count). The zero-order valence-corrected chi connectivity index (χ0v) is 15.0. The molecule has 0 unspecified atom stereocenters. The van der Waals surface area contributed by atoms with Gasteiger partial charge in [-0.05, 0) is 31.5 Å².